The van der Waals surface area contributed by atoms with Crippen LogP contribution in [-0.2, 0) is 6.54 Å². The smallest absolute Gasteiger partial charge is 0.280 e. The lowest BCUT2D eigenvalue weighted by molar-refractivity contribution is 0.0988. The van der Waals surface area contributed by atoms with E-state index < -0.39 is 0 Å². The maximum absolute atomic E-state index is 12.4. The molecule has 0 bridgehead atoms. The van der Waals surface area contributed by atoms with E-state index in [2.05, 4.69) is 11.2 Å². The van der Waals surface area contributed by atoms with E-state index in [-0.39, 0.29) is 11.6 Å². The monoisotopic (exact) mass is 269 g/mol. The summed E-state index contributed by atoms with van der Waals surface area (Å²) in [5.74, 6) is -0.336. The Kier molecular flexibility index (Phi) is 3.71. The van der Waals surface area contributed by atoms with E-state index in [1.807, 2.05) is 6.92 Å². The van der Waals surface area contributed by atoms with Crippen molar-refractivity contribution in [1.29, 1.82) is 5.26 Å². The van der Waals surface area contributed by atoms with Crippen LogP contribution in [0.1, 0.15) is 23.0 Å². The molecule has 0 aliphatic carbocycles. The molecule has 20 heavy (non-hydrogen) atoms. The van der Waals surface area contributed by atoms with Gasteiger partial charge in [0.05, 0.1) is 16.9 Å². The number of amides is 1. The Balaban J connectivity index is 2.38. The van der Waals surface area contributed by atoms with Gasteiger partial charge < -0.3 is 10.6 Å². The summed E-state index contributed by atoms with van der Waals surface area (Å²) in [5.41, 5.74) is 7.30. The number of nitrogen functional groups attached to an aromatic ring is 1. The van der Waals surface area contributed by atoms with E-state index in [9.17, 15) is 4.79 Å². The SMILES string of the molecule is CCn1cc(N)c(C(=O)N(C)c2ccccc2C#N)n1. The Morgan fingerprint density at radius 2 is 2.20 bits per heavy atom. The molecule has 1 heterocycles. The van der Waals surface area contributed by atoms with Crippen molar-refractivity contribution in [3.8, 4) is 6.07 Å². The summed E-state index contributed by atoms with van der Waals surface area (Å²) in [6, 6.07) is 8.96. The number of carbonyl (C=O) groups excluding carboxylic acids is 1. The lowest BCUT2D eigenvalue weighted by atomic mass is 10.1. The van der Waals surface area contributed by atoms with Crippen molar-refractivity contribution in [3.63, 3.8) is 0 Å². The Bertz CT molecular complexity index is 683. The molecule has 102 valence electrons. The lowest BCUT2D eigenvalue weighted by Gasteiger charge is -2.17. The highest BCUT2D eigenvalue weighted by atomic mass is 16.2. The number of nitriles is 1. The van der Waals surface area contributed by atoms with Crippen LogP contribution in [0, 0.1) is 11.3 Å². The van der Waals surface area contributed by atoms with Crippen molar-refractivity contribution in [2.45, 2.75) is 13.5 Å². The van der Waals surface area contributed by atoms with Crippen LogP contribution < -0.4 is 10.6 Å². The van der Waals surface area contributed by atoms with Crippen molar-refractivity contribution < 1.29 is 4.79 Å². The molecule has 0 saturated heterocycles. The van der Waals surface area contributed by atoms with Gasteiger partial charge in [-0.2, -0.15) is 10.4 Å². The van der Waals surface area contributed by atoms with Gasteiger partial charge in [0.15, 0.2) is 5.69 Å². The van der Waals surface area contributed by atoms with Gasteiger partial charge >= 0.3 is 0 Å². The van der Waals surface area contributed by atoms with Gasteiger partial charge in [-0.25, -0.2) is 0 Å². The average molecular weight is 269 g/mol. The predicted octanol–water partition coefficient (Wildman–Crippen LogP) is 1.63. The van der Waals surface area contributed by atoms with Crippen LogP contribution in [0.4, 0.5) is 11.4 Å². The third-order valence-corrected chi connectivity index (χ3v) is 3.01. The Labute approximate surface area is 117 Å². The molecule has 2 aromatic rings. The van der Waals surface area contributed by atoms with E-state index in [0.29, 0.717) is 23.5 Å². The first-order valence-electron chi connectivity index (χ1n) is 6.18. The Morgan fingerprint density at radius 1 is 1.50 bits per heavy atom. The molecule has 1 amide bonds. The van der Waals surface area contributed by atoms with Gasteiger partial charge in [-0.15, -0.1) is 0 Å². The van der Waals surface area contributed by atoms with Gasteiger partial charge in [-0.1, -0.05) is 12.1 Å². The minimum atomic E-state index is -0.336. The maximum Gasteiger partial charge on any atom is 0.280 e. The molecule has 6 heteroatoms. The van der Waals surface area contributed by atoms with Crippen molar-refractivity contribution in [3.05, 3.63) is 41.7 Å². The molecule has 0 spiro atoms. The molecule has 2 N–H and O–H groups in total. The van der Waals surface area contributed by atoms with Crippen LogP contribution in [0.3, 0.4) is 0 Å². The number of hydrogen-bond acceptors (Lipinski definition) is 4. The molecule has 1 aromatic heterocycles. The third-order valence-electron chi connectivity index (χ3n) is 3.01. The molecular formula is C14H15N5O. The van der Waals surface area contributed by atoms with Crippen LogP contribution in [0.25, 0.3) is 0 Å². The average Bonchev–Trinajstić information content (AvgIpc) is 2.86. The summed E-state index contributed by atoms with van der Waals surface area (Å²) in [4.78, 5) is 13.8. The fourth-order valence-corrected chi connectivity index (χ4v) is 1.89. The quantitative estimate of drug-likeness (QED) is 0.917. The zero-order valence-corrected chi connectivity index (χ0v) is 11.4. The highest BCUT2D eigenvalue weighted by Crippen LogP contribution is 2.21. The van der Waals surface area contributed by atoms with Gasteiger partial charge in [0, 0.05) is 19.8 Å². The number of aryl methyl sites for hydroxylation is 1. The summed E-state index contributed by atoms with van der Waals surface area (Å²) in [5, 5.41) is 13.2. The van der Waals surface area contributed by atoms with Crippen molar-refractivity contribution >= 4 is 17.3 Å². The molecule has 0 aliphatic rings. The van der Waals surface area contributed by atoms with Gasteiger partial charge in [0.1, 0.15) is 6.07 Å². The van der Waals surface area contributed by atoms with E-state index in [4.69, 9.17) is 11.0 Å². The highest BCUT2D eigenvalue weighted by molar-refractivity contribution is 6.08. The topological polar surface area (TPSA) is 87.9 Å². The third kappa shape index (κ3) is 2.34. The van der Waals surface area contributed by atoms with Crippen LogP contribution >= 0.6 is 0 Å². The van der Waals surface area contributed by atoms with E-state index in [1.165, 1.54) is 4.90 Å². The first-order chi connectivity index (χ1) is 9.58. The number of carbonyl (C=O) groups is 1. The van der Waals surface area contributed by atoms with E-state index in [0.717, 1.165) is 0 Å². The maximum atomic E-state index is 12.4. The lowest BCUT2D eigenvalue weighted by Crippen LogP contribution is -2.28. The van der Waals surface area contributed by atoms with E-state index in [1.54, 1.807) is 42.2 Å². The zero-order valence-electron chi connectivity index (χ0n) is 11.4. The molecule has 1 aromatic carbocycles. The van der Waals surface area contributed by atoms with Gasteiger partial charge in [0.25, 0.3) is 5.91 Å². The number of anilines is 2. The minimum absolute atomic E-state index is 0.196. The molecule has 0 atom stereocenters. The Hall–Kier alpha value is -2.81. The largest absolute Gasteiger partial charge is 0.396 e. The normalized spacial score (nSPS) is 10.1. The first-order valence-corrected chi connectivity index (χ1v) is 6.18. The zero-order chi connectivity index (χ0) is 14.7. The van der Waals surface area contributed by atoms with Crippen molar-refractivity contribution in [1.82, 2.24) is 9.78 Å². The number of para-hydroxylation sites is 1. The molecule has 0 unspecified atom stereocenters. The number of nitrogens with two attached hydrogens (primary N) is 1. The summed E-state index contributed by atoms with van der Waals surface area (Å²) in [6.45, 7) is 2.55. The fourth-order valence-electron chi connectivity index (χ4n) is 1.89. The number of hydrogen-bond donors (Lipinski definition) is 1. The fraction of sp³-hybridized carbons (Fsp3) is 0.214. The molecular weight excluding hydrogens is 254 g/mol. The van der Waals surface area contributed by atoms with Gasteiger partial charge in [-0.3, -0.25) is 9.48 Å². The first kappa shape index (κ1) is 13.6. The van der Waals surface area contributed by atoms with Gasteiger partial charge in [0.2, 0.25) is 0 Å². The molecule has 0 aliphatic heterocycles. The van der Waals surface area contributed by atoms with Gasteiger partial charge in [-0.05, 0) is 19.1 Å². The summed E-state index contributed by atoms with van der Waals surface area (Å²) >= 11 is 0. The highest BCUT2D eigenvalue weighted by Gasteiger charge is 2.21. The Morgan fingerprint density at radius 3 is 2.80 bits per heavy atom. The van der Waals surface area contributed by atoms with Crippen LogP contribution in [0.5, 0.6) is 0 Å². The number of aromatic nitrogens is 2. The standard InChI is InChI=1S/C14H15N5O/c1-3-19-9-11(16)13(17-19)14(20)18(2)12-7-5-4-6-10(12)8-15/h4-7,9H,3,16H2,1-2H3. The minimum Gasteiger partial charge on any atom is -0.396 e. The van der Waals surface area contributed by atoms with Crippen molar-refractivity contribution in [2.24, 2.45) is 0 Å². The summed E-state index contributed by atoms with van der Waals surface area (Å²) < 4.78 is 1.60. The van der Waals surface area contributed by atoms with E-state index >= 15 is 0 Å². The molecule has 0 radical (unpaired) electrons. The summed E-state index contributed by atoms with van der Waals surface area (Å²) in [6.07, 6.45) is 1.62. The summed E-state index contributed by atoms with van der Waals surface area (Å²) in [7, 11) is 1.60. The second-order valence-electron chi connectivity index (χ2n) is 4.28. The number of rotatable bonds is 3. The molecule has 0 saturated carbocycles. The number of benzene rings is 1. The number of nitrogens with zero attached hydrogens (tertiary/aromatic N) is 4. The second-order valence-corrected chi connectivity index (χ2v) is 4.28. The van der Waals surface area contributed by atoms with Crippen LogP contribution in [0.15, 0.2) is 30.5 Å². The predicted molar refractivity (Wildman–Crippen MR) is 76.2 cm³/mol. The molecule has 0 fully saturated rings. The molecule has 6 nitrogen and oxygen atoms in total. The molecule has 2 rings (SSSR count). The van der Waals surface area contributed by atoms with Crippen LogP contribution in [0.2, 0.25) is 0 Å². The van der Waals surface area contributed by atoms with Crippen LogP contribution in [-0.4, -0.2) is 22.7 Å². The van der Waals surface area contributed by atoms with Crippen molar-refractivity contribution in [2.75, 3.05) is 17.7 Å². The second kappa shape index (κ2) is 5.45.